The number of morpholine rings is 1. The molecule has 1 aliphatic heterocycles. The summed E-state index contributed by atoms with van der Waals surface area (Å²) in [6.07, 6.45) is 1.13. The van der Waals surface area contributed by atoms with E-state index in [2.05, 4.69) is 15.5 Å². The Balaban J connectivity index is 1.48. The van der Waals surface area contributed by atoms with Gasteiger partial charge in [-0.15, -0.1) is 0 Å². The van der Waals surface area contributed by atoms with E-state index in [4.69, 9.17) is 4.74 Å². The Hall–Kier alpha value is -2.86. The fraction of sp³-hybridized carbons (Fsp3) is 0.364. The smallest absolute Gasteiger partial charge is 0.240 e. The third-order valence-electron chi connectivity index (χ3n) is 5.40. The van der Waals surface area contributed by atoms with Gasteiger partial charge in [0.25, 0.3) is 0 Å². The van der Waals surface area contributed by atoms with E-state index in [1.165, 1.54) is 0 Å². The molecular formula is C22H25N3O3. The van der Waals surface area contributed by atoms with Gasteiger partial charge in [0.1, 0.15) is 5.41 Å². The minimum Gasteiger partial charge on any atom is -0.378 e. The molecule has 1 heterocycles. The summed E-state index contributed by atoms with van der Waals surface area (Å²) in [5.41, 5.74) is 2.50. The molecule has 1 saturated carbocycles. The van der Waals surface area contributed by atoms with Crippen LogP contribution in [0.25, 0.3) is 0 Å². The average molecular weight is 379 g/mol. The van der Waals surface area contributed by atoms with Gasteiger partial charge in [0.05, 0.1) is 24.6 Å². The number of aryl methyl sites for hydroxylation is 1. The highest BCUT2D eigenvalue weighted by Crippen LogP contribution is 2.48. The Labute approximate surface area is 164 Å². The zero-order chi connectivity index (χ0) is 19.6. The topological polar surface area (TPSA) is 70.7 Å². The van der Waals surface area contributed by atoms with Crippen LogP contribution in [-0.4, -0.2) is 38.1 Å². The van der Waals surface area contributed by atoms with Gasteiger partial charge in [-0.3, -0.25) is 9.59 Å². The second kappa shape index (κ2) is 7.64. The molecule has 2 N–H and O–H groups in total. The van der Waals surface area contributed by atoms with Gasteiger partial charge in [-0.25, -0.2) is 0 Å². The van der Waals surface area contributed by atoms with Crippen LogP contribution in [0.2, 0.25) is 0 Å². The number of para-hydroxylation sites is 2. The third kappa shape index (κ3) is 3.73. The number of carbonyl (C=O) groups is 2. The lowest BCUT2D eigenvalue weighted by Gasteiger charge is -2.30. The van der Waals surface area contributed by atoms with Gasteiger partial charge in [-0.2, -0.15) is 0 Å². The summed E-state index contributed by atoms with van der Waals surface area (Å²) in [6.45, 7) is 4.88. The number of nitrogens with zero attached hydrogens (tertiary/aromatic N) is 1. The number of nitrogens with one attached hydrogen (secondary N) is 2. The highest BCUT2D eigenvalue weighted by molar-refractivity contribution is 6.17. The number of hydrogen-bond donors (Lipinski definition) is 2. The van der Waals surface area contributed by atoms with Gasteiger partial charge < -0.3 is 20.3 Å². The molecule has 6 nitrogen and oxygen atoms in total. The monoisotopic (exact) mass is 379 g/mol. The summed E-state index contributed by atoms with van der Waals surface area (Å²) >= 11 is 0. The van der Waals surface area contributed by atoms with Crippen molar-refractivity contribution in [3.8, 4) is 0 Å². The normalized spacial score (nSPS) is 17.7. The number of benzene rings is 2. The number of ether oxygens (including phenoxy) is 1. The van der Waals surface area contributed by atoms with Gasteiger partial charge in [-0.1, -0.05) is 24.3 Å². The molecule has 1 saturated heterocycles. The largest absolute Gasteiger partial charge is 0.378 e. The quantitative estimate of drug-likeness (QED) is 0.783. The number of hydrogen-bond acceptors (Lipinski definition) is 4. The van der Waals surface area contributed by atoms with Crippen LogP contribution in [0.5, 0.6) is 0 Å². The van der Waals surface area contributed by atoms with Crippen LogP contribution in [0.15, 0.2) is 48.5 Å². The molecule has 146 valence electrons. The standard InChI is InChI=1S/C22H25N3O3/c1-16-5-4-6-17(15-16)23-20(26)22(9-10-22)21(27)24-18-7-2-3-8-19(18)25-11-13-28-14-12-25/h2-8,15H,9-14H2,1H3,(H,23,26)(H,24,27). The van der Waals surface area contributed by atoms with Crippen LogP contribution in [0, 0.1) is 12.3 Å². The Morgan fingerprint density at radius 3 is 2.39 bits per heavy atom. The summed E-state index contributed by atoms with van der Waals surface area (Å²) in [6, 6.07) is 15.3. The minimum atomic E-state index is -0.984. The summed E-state index contributed by atoms with van der Waals surface area (Å²) in [5.74, 6) is -0.474. The molecule has 0 unspecified atom stereocenters. The molecule has 0 radical (unpaired) electrons. The van der Waals surface area contributed by atoms with Gasteiger partial charge in [0.15, 0.2) is 0 Å². The van der Waals surface area contributed by atoms with E-state index in [-0.39, 0.29) is 11.8 Å². The first-order chi connectivity index (χ1) is 13.6. The molecule has 2 fully saturated rings. The zero-order valence-electron chi connectivity index (χ0n) is 16.0. The maximum absolute atomic E-state index is 13.0. The Morgan fingerprint density at radius 2 is 1.68 bits per heavy atom. The van der Waals surface area contributed by atoms with Crippen molar-refractivity contribution >= 4 is 28.9 Å². The molecule has 1 aliphatic carbocycles. The summed E-state index contributed by atoms with van der Waals surface area (Å²) < 4.78 is 5.42. The van der Waals surface area contributed by atoms with E-state index >= 15 is 0 Å². The number of carbonyl (C=O) groups excluding carboxylic acids is 2. The lowest BCUT2D eigenvalue weighted by molar-refractivity contribution is -0.131. The second-order valence-corrected chi connectivity index (χ2v) is 7.48. The van der Waals surface area contributed by atoms with Crippen LogP contribution >= 0.6 is 0 Å². The third-order valence-corrected chi connectivity index (χ3v) is 5.40. The van der Waals surface area contributed by atoms with Crippen LogP contribution in [-0.2, 0) is 14.3 Å². The molecule has 0 bridgehead atoms. The fourth-order valence-electron chi connectivity index (χ4n) is 3.56. The molecule has 4 rings (SSSR count). The first kappa shape index (κ1) is 18.5. The van der Waals surface area contributed by atoms with Crippen LogP contribution in [0.1, 0.15) is 18.4 Å². The van der Waals surface area contributed by atoms with E-state index in [0.717, 1.165) is 35.7 Å². The van der Waals surface area contributed by atoms with Crippen LogP contribution in [0.3, 0.4) is 0 Å². The molecule has 0 aromatic heterocycles. The lowest BCUT2D eigenvalue weighted by Crippen LogP contribution is -2.38. The highest BCUT2D eigenvalue weighted by atomic mass is 16.5. The minimum absolute atomic E-state index is 0.237. The SMILES string of the molecule is Cc1cccc(NC(=O)C2(C(=O)Nc3ccccc3N3CCOCC3)CC2)c1. The predicted molar refractivity (Wildman–Crippen MR) is 110 cm³/mol. The van der Waals surface area contributed by atoms with Gasteiger partial charge >= 0.3 is 0 Å². The van der Waals surface area contributed by atoms with Crippen LogP contribution < -0.4 is 15.5 Å². The van der Waals surface area contributed by atoms with Crippen molar-refractivity contribution in [2.75, 3.05) is 41.8 Å². The maximum Gasteiger partial charge on any atom is 0.240 e. The number of rotatable bonds is 5. The first-order valence-corrected chi connectivity index (χ1v) is 9.70. The Morgan fingerprint density at radius 1 is 0.964 bits per heavy atom. The van der Waals surface area contributed by atoms with Crippen molar-refractivity contribution in [3.63, 3.8) is 0 Å². The number of anilines is 3. The predicted octanol–water partition coefficient (Wildman–Crippen LogP) is 3.19. The second-order valence-electron chi connectivity index (χ2n) is 7.48. The Kier molecular flexibility index (Phi) is 5.05. The van der Waals surface area contributed by atoms with Gasteiger partial charge in [0.2, 0.25) is 11.8 Å². The van der Waals surface area contributed by atoms with Crippen molar-refractivity contribution < 1.29 is 14.3 Å². The molecule has 2 aromatic carbocycles. The highest BCUT2D eigenvalue weighted by Gasteiger charge is 2.56. The van der Waals surface area contributed by atoms with E-state index < -0.39 is 5.41 Å². The van der Waals surface area contributed by atoms with E-state index in [9.17, 15) is 9.59 Å². The van der Waals surface area contributed by atoms with E-state index in [1.54, 1.807) is 0 Å². The molecule has 2 amide bonds. The van der Waals surface area contributed by atoms with Crippen molar-refractivity contribution in [1.29, 1.82) is 0 Å². The molecule has 2 aromatic rings. The van der Waals surface area contributed by atoms with Gasteiger partial charge in [0, 0.05) is 18.8 Å². The van der Waals surface area contributed by atoms with Gasteiger partial charge in [-0.05, 0) is 49.6 Å². The van der Waals surface area contributed by atoms with Crippen molar-refractivity contribution in [2.45, 2.75) is 19.8 Å². The zero-order valence-corrected chi connectivity index (χ0v) is 16.0. The van der Waals surface area contributed by atoms with Crippen LogP contribution in [0.4, 0.5) is 17.1 Å². The van der Waals surface area contributed by atoms with Crippen molar-refractivity contribution in [1.82, 2.24) is 0 Å². The maximum atomic E-state index is 13.0. The fourth-order valence-corrected chi connectivity index (χ4v) is 3.56. The van der Waals surface area contributed by atoms with Crippen molar-refractivity contribution in [2.24, 2.45) is 5.41 Å². The molecule has 6 heteroatoms. The van der Waals surface area contributed by atoms with E-state index in [1.807, 2.05) is 55.5 Å². The Bertz CT molecular complexity index is 886. The molecule has 28 heavy (non-hydrogen) atoms. The summed E-state index contributed by atoms with van der Waals surface area (Å²) in [4.78, 5) is 28.0. The first-order valence-electron chi connectivity index (χ1n) is 9.70. The molecule has 0 atom stereocenters. The number of amides is 2. The average Bonchev–Trinajstić information content (AvgIpc) is 3.51. The van der Waals surface area contributed by atoms with E-state index in [0.29, 0.717) is 26.1 Å². The lowest BCUT2D eigenvalue weighted by atomic mass is 10.0. The van der Waals surface area contributed by atoms with Crippen molar-refractivity contribution in [3.05, 3.63) is 54.1 Å². The summed E-state index contributed by atoms with van der Waals surface area (Å²) in [5, 5.41) is 5.91. The molecule has 0 spiro atoms. The molecule has 2 aliphatic rings. The summed E-state index contributed by atoms with van der Waals surface area (Å²) in [7, 11) is 0. The molecular weight excluding hydrogens is 354 g/mol.